The number of nitrogens with zero attached hydrogens (tertiary/aromatic N) is 2. The lowest BCUT2D eigenvalue weighted by Gasteiger charge is -2.28. The quantitative estimate of drug-likeness (QED) is 0.688. The van der Waals surface area contributed by atoms with Gasteiger partial charge in [-0.05, 0) is 36.1 Å². The summed E-state index contributed by atoms with van der Waals surface area (Å²) in [5.41, 5.74) is 5.21. The van der Waals surface area contributed by atoms with E-state index < -0.39 is 0 Å². The lowest BCUT2D eigenvalue weighted by atomic mass is 10.1. The number of H-pyrrole nitrogens is 1. The van der Waals surface area contributed by atoms with Gasteiger partial charge < -0.3 is 15.2 Å². The van der Waals surface area contributed by atoms with E-state index in [0.717, 1.165) is 35.3 Å². The number of aromatic amines is 1. The summed E-state index contributed by atoms with van der Waals surface area (Å²) in [6, 6.07) is 15.7. The summed E-state index contributed by atoms with van der Waals surface area (Å²) in [6.45, 7) is 4.97. The van der Waals surface area contributed by atoms with Gasteiger partial charge in [0.05, 0.1) is 17.8 Å². The smallest absolute Gasteiger partial charge is 0.320 e. The number of aryl methyl sites for hydroxylation is 2. The molecule has 6 heteroatoms. The predicted octanol–water partition coefficient (Wildman–Crippen LogP) is 4.15. The van der Waals surface area contributed by atoms with E-state index >= 15 is 0 Å². The Bertz CT molecular complexity index is 1120. The molecule has 2 N–H and O–H groups in total. The third-order valence-corrected chi connectivity index (χ3v) is 5.58. The molecule has 2 heterocycles. The summed E-state index contributed by atoms with van der Waals surface area (Å²) in [6.07, 6.45) is 2.43. The monoisotopic (exact) mass is 402 g/mol. The molecule has 0 unspecified atom stereocenters. The maximum Gasteiger partial charge on any atom is 0.322 e. The van der Waals surface area contributed by atoms with E-state index in [1.807, 2.05) is 48.5 Å². The summed E-state index contributed by atoms with van der Waals surface area (Å²) in [7, 11) is 0. The summed E-state index contributed by atoms with van der Waals surface area (Å²) in [5.74, 6) is 0.579. The molecule has 1 aliphatic heterocycles. The number of amides is 2. The van der Waals surface area contributed by atoms with Crippen LogP contribution in [0, 0.1) is 0 Å². The number of rotatable bonds is 4. The van der Waals surface area contributed by atoms with Crippen LogP contribution in [0.2, 0.25) is 0 Å². The van der Waals surface area contributed by atoms with Crippen molar-refractivity contribution in [2.75, 3.05) is 11.9 Å². The number of benzene rings is 2. The molecular weight excluding hydrogens is 376 g/mol. The molecule has 2 aromatic carbocycles. The second-order valence-electron chi connectivity index (χ2n) is 7.55. The van der Waals surface area contributed by atoms with Crippen LogP contribution in [-0.4, -0.2) is 27.4 Å². The fraction of sp³-hybridized carbons (Fsp3) is 0.292. The van der Waals surface area contributed by atoms with Crippen LogP contribution in [0.4, 0.5) is 10.5 Å². The van der Waals surface area contributed by atoms with Crippen LogP contribution in [0.3, 0.4) is 0 Å². The molecule has 1 aliphatic rings. The van der Waals surface area contributed by atoms with Crippen LogP contribution in [0.25, 0.3) is 11.4 Å². The molecule has 3 aromatic rings. The highest BCUT2D eigenvalue weighted by molar-refractivity contribution is 5.89. The number of hydrogen-bond acceptors (Lipinski definition) is 3. The zero-order valence-corrected chi connectivity index (χ0v) is 17.4. The first kappa shape index (κ1) is 19.9. The van der Waals surface area contributed by atoms with Crippen molar-refractivity contribution in [2.24, 2.45) is 0 Å². The van der Waals surface area contributed by atoms with E-state index in [0.29, 0.717) is 24.4 Å². The zero-order valence-electron chi connectivity index (χ0n) is 17.4. The molecule has 0 fully saturated rings. The first-order chi connectivity index (χ1) is 14.6. The number of hydrogen-bond donors (Lipinski definition) is 2. The molecule has 0 atom stereocenters. The average molecular weight is 402 g/mol. The highest BCUT2D eigenvalue weighted by Crippen LogP contribution is 2.20. The van der Waals surface area contributed by atoms with E-state index in [9.17, 15) is 9.59 Å². The Balaban J connectivity index is 1.52. The predicted molar refractivity (Wildman–Crippen MR) is 119 cm³/mol. The standard InChI is InChI=1S/C24H26N4O2/c1-3-16-8-10-18(11-9-16)22-26-21-12-13-28(15-20(21)23(29)27-22)24(30)25-19-7-5-6-17(4-2)14-19/h5-11,14H,3-4,12-13,15H2,1-2H3,(H,25,30)(H,26,27,29). The molecule has 30 heavy (non-hydrogen) atoms. The molecular formula is C24H26N4O2. The molecule has 1 aromatic heterocycles. The molecule has 0 aliphatic carbocycles. The normalized spacial score (nSPS) is 13.1. The Morgan fingerprint density at radius 2 is 1.87 bits per heavy atom. The van der Waals surface area contributed by atoms with Crippen molar-refractivity contribution in [2.45, 2.75) is 39.7 Å². The number of aromatic nitrogens is 2. The molecule has 154 valence electrons. The molecule has 2 amide bonds. The summed E-state index contributed by atoms with van der Waals surface area (Å²) in [4.78, 5) is 34.7. The lowest BCUT2D eigenvalue weighted by Crippen LogP contribution is -2.41. The number of carbonyl (C=O) groups excluding carboxylic acids is 1. The third-order valence-electron chi connectivity index (χ3n) is 5.58. The number of fused-ring (bicyclic) bond motifs is 1. The summed E-state index contributed by atoms with van der Waals surface area (Å²) in [5, 5.41) is 2.94. The fourth-order valence-corrected chi connectivity index (χ4v) is 3.70. The molecule has 4 rings (SSSR count). The van der Waals surface area contributed by atoms with Crippen molar-refractivity contribution in [3.8, 4) is 11.4 Å². The summed E-state index contributed by atoms with van der Waals surface area (Å²) >= 11 is 0. The van der Waals surface area contributed by atoms with Crippen molar-refractivity contribution in [1.29, 1.82) is 0 Å². The maximum absolute atomic E-state index is 12.7. The van der Waals surface area contributed by atoms with Gasteiger partial charge in [0.1, 0.15) is 5.82 Å². The van der Waals surface area contributed by atoms with Gasteiger partial charge in [0.15, 0.2) is 0 Å². The summed E-state index contributed by atoms with van der Waals surface area (Å²) < 4.78 is 0. The molecule has 0 saturated heterocycles. The van der Waals surface area contributed by atoms with E-state index in [4.69, 9.17) is 0 Å². The van der Waals surface area contributed by atoms with E-state index in [1.54, 1.807) is 4.90 Å². The highest BCUT2D eigenvalue weighted by atomic mass is 16.2. The lowest BCUT2D eigenvalue weighted by molar-refractivity contribution is 0.205. The minimum absolute atomic E-state index is 0.181. The first-order valence-electron chi connectivity index (χ1n) is 10.4. The minimum Gasteiger partial charge on any atom is -0.320 e. The van der Waals surface area contributed by atoms with Crippen LogP contribution in [0.5, 0.6) is 0 Å². The van der Waals surface area contributed by atoms with Crippen molar-refractivity contribution >= 4 is 11.7 Å². The van der Waals surface area contributed by atoms with E-state index in [1.165, 1.54) is 5.56 Å². The van der Waals surface area contributed by atoms with Gasteiger partial charge in [0.25, 0.3) is 5.56 Å². The number of urea groups is 1. The zero-order chi connectivity index (χ0) is 21.1. The first-order valence-corrected chi connectivity index (χ1v) is 10.4. The molecule has 0 bridgehead atoms. The highest BCUT2D eigenvalue weighted by Gasteiger charge is 2.25. The molecule has 0 saturated carbocycles. The van der Waals surface area contributed by atoms with Gasteiger partial charge in [-0.3, -0.25) is 4.79 Å². The average Bonchev–Trinajstić information content (AvgIpc) is 2.79. The second-order valence-corrected chi connectivity index (χ2v) is 7.55. The second kappa shape index (κ2) is 8.53. The molecule has 0 radical (unpaired) electrons. The van der Waals surface area contributed by atoms with Gasteiger partial charge in [-0.2, -0.15) is 0 Å². The Labute approximate surface area is 176 Å². The van der Waals surface area contributed by atoms with Crippen LogP contribution in [0.15, 0.2) is 53.3 Å². The molecule has 0 spiro atoms. The van der Waals surface area contributed by atoms with Gasteiger partial charge in [-0.1, -0.05) is 50.2 Å². The van der Waals surface area contributed by atoms with Crippen LogP contribution < -0.4 is 10.9 Å². The van der Waals surface area contributed by atoms with Crippen LogP contribution in [0.1, 0.15) is 36.2 Å². The van der Waals surface area contributed by atoms with Gasteiger partial charge in [0, 0.05) is 24.2 Å². The fourth-order valence-electron chi connectivity index (χ4n) is 3.70. The Kier molecular flexibility index (Phi) is 5.65. The maximum atomic E-state index is 12.7. The van der Waals surface area contributed by atoms with Gasteiger partial charge in [-0.15, -0.1) is 0 Å². The topological polar surface area (TPSA) is 78.1 Å². The SMILES string of the molecule is CCc1ccc(-c2nc3c(c(=O)[nH]2)CN(C(=O)Nc2cccc(CC)c2)CC3)cc1. The minimum atomic E-state index is -0.201. The Hall–Kier alpha value is -3.41. The van der Waals surface area contributed by atoms with Crippen molar-refractivity contribution < 1.29 is 4.79 Å². The molecule has 6 nitrogen and oxygen atoms in total. The van der Waals surface area contributed by atoms with Gasteiger partial charge in [-0.25, -0.2) is 9.78 Å². The van der Waals surface area contributed by atoms with E-state index in [2.05, 4.69) is 29.1 Å². The van der Waals surface area contributed by atoms with Gasteiger partial charge in [0.2, 0.25) is 0 Å². The third kappa shape index (κ3) is 4.13. The van der Waals surface area contributed by atoms with Crippen molar-refractivity contribution in [1.82, 2.24) is 14.9 Å². The Morgan fingerprint density at radius 3 is 2.60 bits per heavy atom. The number of anilines is 1. The van der Waals surface area contributed by atoms with Crippen LogP contribution in [-0.2, 0) is 25.8 Å². The van der Waals surface area contributed by atoms with Crippen molar-refractivity contribution in [3.05, 3.63) is 81.3 Å². The van der Waals surface area contributed by atoms with Gasteiger partial charge >= 0.3 is 6.03 Å². The van der Waals surface area contributed by atoms with E-state index in [-0.39, 0.29) is 18.1 Å². The van der Waals surface area contributed by atoms with Crippen LogP contribution >= 0.6 is 0 Å². The Morgan fingerprint density at radius 1 is 1.10 bits per heavy atom. The number of nitrogens with one attached hydrogen (secondary N) is 2. The largest absolute Gasteiger partial charge is 0.322 e. The number of carbonyl (C=O) groups is 1. The van der Waals surface area contributed by atoms with Crippen molar-refractivity contribution in [3.63, 3.8) is 0 Å².